The second kappa shape index (κ2) is 9.52. The number of aromatic amines is 1. The molecule has 0 fully saturated rings. The maximum Gasteiger partial charge on any atom is 0.209 e. The Bertz CT molecular complexity index is 276. The molecular weight excluding hydrogens is 231 g/mol. The lowest BCUT2D eigenvalue weighted by Gasteiger charge is -2.00. The first-order valence-electron chi connectivity index (χ1n) is 7.14. The lowest BCUT2D eigenvalue weighted by Crippen LogP contribution is -2.13. The fourth-order valence-electron chi connectivity index (χ4n) is 1.78. The van der Waals surface area contributed by atoms with Crippen molar-refractivity contribution in [1.29, 1.82) is 0 Å². The monoisotopic (exact) mass is 259 g/mol. The molecule has 0 radical (unpaired) electrons. The predicted molar refractivity (Wildman–Crippen MR) is 74.4 cm³/mol. The third-order valence-electron chi connectivity index (χ3n) is 2.93. The van der Waals surface area contributed by atoms with E-state index in [0.717, 1.165) is 21.6 Å². The van der Waals surface area contributed by atoms with Gasteiger partial charge in [-0.25, -0.2) is 0 Å². The Hall–Kier alpha value is -0.500. The topological polar surface area (TPSA) is 36.1 Å². The Balaban J connectivity index is 2.14. The van der Waals surface area contributed by atoms with Gasteiger partial charge >= 0.3 is 0 Å². The van der Waals surface area contributed by atoms with Crippen LogP contribution in [0.4, 0.5) is 0 Å². The van der Waals surface area contributed by atoms with Crippen LogP contribution in [0.25, 0.3) is 0 Å². The number of hydrogen-bond acceptors (Lipinski definition) is 1. The van der Waals surface area contributed by atoms with Gasteiger partial charge in [-0.2, -0.15) is 0 Å². The van der Waals surface area contributed by atoms with Crippen LogP contribution < -0.4 is 0 Å². The third-order valence-corrected chi connectivity index (χ3v) is 3.58. The van der Waals surface area contributed by atoms with Crippen LogP contribution in [0.5, 0.6) is 0 Å². The molecule has 100 valence electrons. The Morgan fingerprint density at radius 1 is 1.00 bits per heavy atom. The highest BCUT2D eigenvalue weighted by molar-refractivity contribution is 7.24. The highest BCUT2D eigenvalue weighted by atomic mass is 31.1. The first kappa shape index (κ1) is 14.6. The molecule has 1 aromatic rings. The van der Waals surface area contributed by atoms with E-state index >= 15 is 0 Å². The van der Waals surface area contributed by atoms with Crippen molar-refractivity contribution in [2.45, 2.75) is 65.2 Å². The zero-order valence-electron chi connectivity index (χ0n) is 11.4. The molecule has 0 aliphatic carbocycles. The fourth-order valence-corrected chi connectivity index (χ4v) is 2.22. The van der Waals surface area contributed by atoms with E-state index in [1.807, 2.05) is 0 Å². The molecule has 1 atom stereocenters. The molecule has 17 heavy (non-hydrogen) atoms. The minimum absolute atomic E-state index is 0.745. The maximum absolute atomic E-state index is 4.66. The summed E-state index contributed by atoms with van der Waals surface area (Å²) in [7, 11) is 0.745. The minimum atomic E-state index is 0.745. The highest BCUT2D eigenvalue weighted by Gasteiger charge is 2.10. The fraction of sp³-hybridized carbons (Fsp3) is 1.00. The SMILES string of the molecule is CCCCCCN=[N+](CCCCCC)n1[nH][pH]1. The molecule has 1 unspecified atom stereocenters. The van der Waals surface area contributed by atoms with Gasteiger partial charge in [0.15, 0.2) is 0 Å². The van der Waals surface area contributed by atoms with Crippen molar-refractivity contribution in [2.24, 2.45) is 5.11 Å². The molecule has 0 aliphatic heterocycles. The van der Waals surface area contributed by atoms with Gasteiger partial charge in [-0.3, -0.25) is 0 Å². The summed E-state index contributed by atoms with van der Waals surface area (Å²) in [5.41, 5.74) is 0. The highest BCUT2D eigenvalue weighted by Crippen LogP contribution is 2.08. The smallest absolute Gasteiger partial charge is 0.138 e. The number of hydrogen-bond donors (Lipinski definition) is 1. The zero-order valence-corrected chi connectivity index (χ0v) is 12.4. The largest absolute Gasteiger partial charge is 0.209 e. The van der Waals surface area contributed by atoms with Crippen LogP contribution >= 0.6 is 8.51 Å². The molecule has 0 saturated carbocycles. The second-order valence-electron chi connectivity index (χ2n) is 4.62. The number of aromatic nitrogens is 2. The van der Waals surface area contributed by atoms with Crippen molar-refractivity contribution in [3.63, 3.8) is 0 Å². The number of nitrogens with one attached hydrogen (secondary N) is 1. The Morgan fingerprint density at radius 3 is 2.24 bits per heavy atom. The summed E-state index contributed by atoms with van der Waals surface area (Å²) >= 11 is 0. The van der Waals surface area contributed by atoms with E-state index in [2.05, 4.69) is 33.2 Å². The molecule has 0 spiro atoms. The van der Waals surface area contributed by atoms with E-state index in [0.29, 0.717) is 0 Å². The molecule has 0 saturated heterocycles. The third kappa shape index (κ3) is 7.43. The molecule has 0 aliphatic rings. The lowest BCUT2D eigenvalue weighted by atomic mass is 10.2. The van der Waals surface area contributed by atoms with Crippen molar-refractivity contribution >= 4 is 8.51 Å². The van der Waals surface area contributed by atoms with Crippen molar-refractivity contribution in [2.75, 3.05) is 13.1 Å². The Morgan fingerprint density at radius 2 is 1.65 bits per heavy atom. The van der Waals surface area contributed by atoms with Gasteiger partial charge in [-0.15, -0.1) is 9.98 Å². The molecule has 1 heterocycles. The number of azo groups is 1. The number of unbranched alkanes of at least 4 members (excludes halogenated alkanes) is 6. The summed E-state index contributed by atoms with van der Waals surface area (Å²) in [5.74, 6) is 0. The molecular formula is C12H28N4P+. The van der Waals surface area contributed by atoms with Gasteiger partial charge in [0.2, 0.25) is 8.51 Å². The minimum Gasteiger partial charge on any atom is -0.138 e. The second-order valence-corrected chi connectivity index (χ2v) is 5.49. The molecule has 0 amide bonds. The number of nitrogens with zero attached hydrogens (tertiary/aromatic N) is 3. The van der Waals surface area contributed by atoms with Gasteiger partial charge in [-0.1, -0.05) is 50.8 Å². The van der Waals surface area contributed by atoms with E-state index < -0.39 is 0 Å². The summed E-state index contributed by atoms with van der Waals surface area (Å²) in [4.78, 5) is 5.36. The first-order chi connectivity index (χ1) is 8.38. The van der Waals surface area contributed by atoms with Gasteiger partial charge < -0.3 is 0 Å². The first-order valence-corrected chi connectivity index (χ1v) is 8.09. The van der Waals surface area contributed by atoms with E-state index in [4.69, 9.17) is 0 Å². The van der Waals surface area contributed by atoms with Crippen LogP contribution in [0.3, 0.4) is 0 Å². The summed E-state index contributed by atoms with van der Waals surface area (Å²) in [6.07, 6.45) is 10.4. The van der Waals surface area contributed by atoms with Gasteiger partial charge in [0.25, 0.3) is 0 Å². The molecule has 5 heteroatoms. The average molecular weight is 259 g/mol. The Kier molecular flexibility index (Phi) is 8.16. The molecule has 0 bridgehead atoms. The van der Waals surface area contributed by atoms with Gasteiger partial charge in [0.1, 0.15) is 6.54 Å². The summed E-state index contributed by atoms with van der Waals surface area (Å²) in [6.45, 7) is 6.56. The van der Waals surface area contributed by atoms with Crippen molar-refractivity contribution < 1.29 is 4.81 Å². The Labute approximate surface area is 107 Å². The summed E-state index contributed by atoms with van der Waals surface area (Å²) < 4.78 is 2.13. The van der Waals surface area contributed by atoms with E-state index in [1.165, 1.54) is 51.4 Å². The standard InChI is InChI=1S/C12H28N4P/c1-3-5-7-9-11-13-15(16-14-17-16)12-10-8-6-4-2/h14,17H,3-12H2,1-2H3/q+1. The van der Waals surface area contributed by atoms with Gasteiger partial charge in [0, 0.05) is 4.55 Å². The molecule has 1 aromatic heterocycles. The average Bonchev–Trinajstić information content (AvgIpc) is 3.16. The zero-order chi connectivity index (χ0) is 12.3. The van der Waals surface area contributed by atoms with Gasteiger partial charge in [-0.05, 0) is 19.3 Å². The normalized spacial score (nSPS) is 12.9. The quantitative estimate of drug-likeness (QED) is 0.350. The van der Waals surface area contributed by atoms with Crippen LogP contribution in [0.2, 0.25) is 0 Å². The summed E-state index contributed by atoms with van der Waals surface area (Å²) in [6, 6.07) is 0. The van der Waals surface area contributed by atoms with Crippen LogP contribution in [0, 0.1) is 0 Å². The molecule has 1 rings (SSSR count). The van der Waals surface area contributed by atoms with Crippen LogP contribution in [0.15, 0.2) is 5.11 Å². The maximum atomic E-state index is 4.66. The number of rotatable bonds is 11. The molecule has 4 nitrogen and oxygen atoms in total. The van der Waals surface area contributed by atoms with Crippen LogP contribution in [-0.4, -0.2) is 27.3 Å². The van der Waals surface area contributed by atoms with Crippen LogP contribution in [-0.2, 0) is 0 Å². The van der Waals surface area contributed by atoms with E-state index in [9.17, 15) is 0 Å². The molecule has 1 N–H and O–H groups in total. The van der Waals surface area contributed by atoms with Crippen molar-refractivity contribution in [1.82, 2.24) is 9.41 Å². The van der Waals surface area contributed by atoms with E-state index in [1.54, 1.807) is 0 Å². The van der Waals surface area contributed by atoms with Gasteiger partial charge in [0.05, 0.1) is 6.54 Å². The molecule has 0 aromatic carbocycles. The lowest BCUT2D eigenvalue weighted by molar-refractivity contribution is -0.641. The predicted octanol–water partition coefficient (Wildman–Crippen LogP) is 4.24. The van der Waals surface area contributed by atoms with Crippen molar-refractivity contribution in [3.8, 4) is 0 Å². The van der Waals surface area contributed by atoms with Crippen molar-refractivity contribution in [3.05, 3.63) is 0 Å². The number of H-pyrrole nitrogens is 1. The summed E-state index contributed by atoms with van der Waals surface area (Å²) in [5, 5.41) is 4.66. The van der Waals surface area contributed by atoms with Crippen LogP contribution in [0.1, 0.15) is 65.2 Å². The van der Waals surface area contributed by atoms with E-state index in [-0.39, 0.29) is 0 Å².